The minimum atomic E-state index is -0.346. The van der Waals surface area contributed by atoms with Gasteiger partial charge in [-0.15, -0.1) is 5.10 Å². The minimum Gasteiger partial charge on any atom is -0.479 e. The number of likely N-dealkylation sites (N-methyl/N-ethyl adjacent to an activating group) is 1. The Bertz CT molecular complexity index is 712. The molecule has 2 aromatic rings. The molecule has 0 aliphatic heterocycles. The molecule has 7 nitrogen and oxygen atoms in total. The number of hydrogen-bond acceptors (Lipinski definition) is 4. The lowest BCUT2D eigenvalue weighted by Gasteiger charge is -2.16. The number of rotatable bonds is 5. The molecule has 23 heavy (non-hydrogen) atoms. The Morgan fingerprint density at radius 3 is 2.61 bits per heavy atom. The van der Waals surface area contributed by atoms with Crippen LogP contribution >= 0.6 is 11.6 Å². The van der Waals surface area contributed by atoms with Gasteiger partial charge in [0, 0.05) is 31.0 Å². The SMILES string of the molecule is COc1nn(C)cc1C(=O)N(C)CC(=O)Nc1ccc(Cl)cc1. The van der Waals surface area contributed by atoms with E-state index in [2.05, 4.69) is 10.4 Å². The van der Waals surface area contributed by atoms with E-state index < -0.39 is 0 Å². The topological polar surface area (TPSA) is 76.5 Å². The van der Waals surface area contributed by atoms with Crippen molar-refractivity contribution in [1.29, 1.82) is 0 Å². The fourth-order valence-corrected chi connectivity index (χ4v) is 2.12. The van der Waals surface area contributed by atoms with Crippen molar-refractivity contribution >= 4 is 29.1 Å². The molecule has 0 saturated heterocycles. The smallest absolute Gasteiger partial charge is 0.261 e. The summed E-state index contributed by atoms with van der Waals surface area (Å²) in [5.74, 6) is -0.435. The number of anilines is 1. The Labute approximate surface area is 138 Å². The summed E-state index contributed by atoms with van der Waals surface area (Å²) < 4.78 is 6.54. The van der Waals surface area contributed by atoms with E-state index in [4.69, 9.17) is 16.3 Å². The van der Waals surface area contributed by atoms with Crippen LogP contribution in [0.5, 0.6) is 5.88 Å². The molecule has 0 atom stereocenters. The predicted octanol–water partition coefficient (Wildman–Crippen LogP) is 1.79. The van der Waals surface area contributed by atoms with Crippen LogP contribution in [0.15, 0.2) is 30.5 Å². The summed E-state index contributed by atoms with van der Waals surface area (Å²) in [6.45, 7) is -0.0977. The van der Waals surface area contributed by atoms with Crippen LogP contribution < -0.4 is 10.1 Å². The van der Waals surface area contributed by atoms with E-state index in [0.29, 0.717) is 16.3 Å². The fourth-order valence-electron chi connectivity index (χ4n) is 1.99. The number of benzene rings is 1. The normalized spacial score (nSPS) is 10.3. The summed E-state index contributed by atoms with van der Waals surface area (Å²) in [7, 11) is 4.66. The van der Waals surface area contributed by atoms with Crippen LogP contribution in [0.1, 0.15) is 10.4 Å². The molecule has 8 heteroatoms. The van der Waals surface area contributed by atoms with E-state index in [1.54, 1.807) is 37.5 Å². The number of halogens is 1. The summed E-state index contributed by atoms with van der Waals surface area (Å²) in [4.78, 5) is 25.7. The van der Waals surface area contributed by atoms with Crippen molar-refractivity contribution in [1.82, 2.24) is 14.7 Å². The van der Waals surface area contributed by atoms with Gasteiger partial charge >= 0.3 is 0 Å². The number of nitrogens with one attached hydrogen (secondary N) is 1. The number of ether oxygens (including phenoxy) is 1. The van der Waals surface area contributed by atoms with Crippen LogP contribution in [-0.2, 0) is 11.8 Å². The van der Waals surface area contributed by atoms with Gasteiger partial charge in [-0.2, -0.15) is 0 Å². The van der Waals surface area contributed by atoms with Gasteiger partial charge in [-0.3, -0.25) is 14.3 Å². The minimum absolute atomic E-state index is 0.0977. The highest BCUT2D eigenvalue weighted by molar-refractivity contribution is 6.30. The number of amides is 2. The second-order valence-electron chi connectivity index (χ2n) is 4.94. The summed E-state index contributed by atoms with van der Waals surface area (Å²) in [6.07, 6.45) is 1.55. The van der Waals surface area contributed by atoms with Crippen LogP contribution in [0, 0.1) is 0 Å². The summed E-state index contributed by atoms with van der Waals surface area (Å²) in [6, 6.07) is 6.72. The van der Waals surface area contributed by atoms with Gasteiger partial charge in [0.05, 0.1) is 13.7 Å². The third-order valence-electron chi connectivity index (χ3n) is 3.07. The summed E-state index contributed by atoms with van der Waals surface area (Å²) in [5, 5.41) is 7.30. The Balaban J connectivity index is 2.00. The van der Waals surface area contributed by atoms with E-state index in [0.717, 1.165) is 0 Å². The molecule has 0 saturated carbocycles. The highest BCUT2D eigenvalue weighted by atomic mass is 35.5. The van der Waals surface area contributed by atoms with Crippen molar-refractivity contribution in [3.05, 3.63) is 41.0 Å². The molecule has 0 bridgehead atoms. The molecule has 0 radical (unpaired) electrons. The zero-order valence-electron chi connectivity index (χ0n) is 13.0. The molecular formula is C15H17ClN4O3. The van der Waals surface area contributed by atoms with Gasteiger partial charge in [0.2, 0.25) is 11.8 Å². The number of hydrogen-bond donors (Lipinski definition) is 1. The van der Waals surface area contributed by atoms with Gasteiger partial charge in [0.15, 0.2) is 0 Å². The maximum absolute atomic E-state index is 12.4. The highest BCUT2D eigenvalue weighted by Gasteiger charge is 2.21. The largest absolute Gasteiger partial charge is 0.479 e. The zero-order chi connectivity index (χ0) is 17.0. The molecule has 0 fully saturated rings. The maximum Gasteiger partial charge on any atom is 0.261 e. The van der Waals surface area contributed by atoms with E-state index >= 15 is 0 Å². The number of methoxy groups -OCH3 is 1. The molecule has 1 heterocycles. The van der Waals surface area contributed by atoms with Gasteiger partial charge in [0.25, 0.3) is 5.91 Å². The van der Waals surface area contributed by atoms with Gasteiger partial charge in [0.1, 0.15) is 5.56 Å². The molecule has 0 unspecified atom stereocenters. The molecule has 1 aromatic carbocycles. The zero-order valence-corrected chi connectivity index (χ0v) is 13.8. The van der Waals surface area contributed by atoms with Gasteiger partial charge < -0.3 is 15.0 Å². The van der Waals surface area contributed by atoms with Crippen LogP contribution in [0.3, 0.4) is 0 Å². The van der Waals surface area contributed by atoms with Gasteiger partial charge in [-0.05, 0) is 24.3 Å². The molecule has 0 spiro atoms. The van der Waals surface area contributed by atoms with Crippen molar-refractivity contribution in [3.63, 3.8) is 0 Å². The molecule has 1 aromatic heterocycles. The monoisotopic (exact) mass is 336 g/mol. The van der Waals surface area contributed by atoms with Crippen molar-refractivity contribution in [3.8, 4) is 5.88 Å². The van der Waals surface area contributed by atoms with E-state index in [-0.39, 0.29) is 24.2 Å². The first kappa shape index (κ1) is 16.8. The quantitative estimate of drug-likeness (QED) is 0.903. The molecule has 0 aliphatic carbocycles. The lowest BCUT2D eigenvalue weighted by Crippen LogP contribution is -2.35. The van der Waals surface area contributed by atoms with Gasteiger partial charge in [-0.25, -0.2) is 0 Å². The van der Waals surface area contributed by atoms with Crippen LogP contribution in [0.2, 0.25) is 5.02 Å². The molecule has 2 rings (SSSR count). The number of carbonyl (C=O) groups is 2. The molecule has 1 N–H and O–H groups in total. The van der Waals surface area contributed by atoms with Crippen LogP contribution in [0.25, 0.3) is 0 Å². The number of carbonyl (C=O) groups excluding carboxylic acids is 2. The Morgan fingerprint density at radius 2 is 2.00 bits per heavy atom. The average molecular weight is 337 g/mol. The van der Waals surface area contributed by atoms with E-state index in [1.165, 1.54) is 23.7 Å². The lowest BCUT2D eigenvalue weighted by atomic mass is 10.3. The molecule has 0 aliphatic rings. The Kier molecular flexibility index (Phi) is 5.23. The van der Waals surface area contributed by atoms with E-state index in [9.17, 15) is 9.59 Å². The molecular weight excluding hydrogens is 320 g/mol. The molecule has 122 valence electrons. The van der Waals surface area contributed by atoms with Gasteiger partial charge in [-0.1, -0.05) is 11.6 Å². The van der Waals surface area contributed by atoms with Crippen molar-refractivity contribution in [2.24, 2.45) is 7.05 Å². The second-order valence-corrected chi connectivity index (χ2v) is 5.38. The Morgan fingerprint density at radius 1 is 1.35 bits per heavy atom. The third-order valence-corrected chi connectivity index (χ3v) is 3.33. The van der Waals surface area contributed by atoms with Crippen molar-refractivity contribution in [2.45, 2.75) is 0 Å². The molecule has 2 amide bonds. The van der Waals surface area contributed by atoms with Crippen molar-refractivity contribution in [2.75, 3.05) is 26.0 Å². The predicted molar refractivity (Wildman–Crippen MR) is 86.8 cm³/mol. The fraction of sp³-hybridized carbons (Fsp3) is 0.267. The van der Waals surface area contributed by atoms with Crippen molar-refractivity contribution < 1.29 is 14.3 Å². The second kappa shape index (κ2) is 7.15. The lowest BCUT2D eigenvalue weighted by molar-refractivity contribution is -0.116. The number of aromatic nitrogens is 2. The standard InChI is InChI=1S/C15H17ClN4O3/c1-19(15(22)12-8-20(2)18-14(12)23-3)9-13(21)17-11-6-4-10(16)5-7-11/h4-8H,9H2,1-3H3,(H,17,21). The number of aryl methyl sites for hydroxylation is 1. The third kappa shape index (κ3) is 4.23. The summed E-state index contributed by atoms with van der Waals surface area (Å²) >= 11 is 5.79. The maximum atomic E-state index is 12.4. The van der Waals surface area contributed by atoms with E-state index in [1.807, 2.05) is 0 Å². The van der Waals surface area contributed by atoms with Crippen LogP contribution in [-0.4, -0.2) is 47.2 Å². The first-order chi connectivity index (χ1) is 10.9. The average Bonchev–Trinajstić information content (AvgIpc) is 2.89. The summed E-state index contributed by atoms with van der Waals surface area (Å²) in [5.41, 5.74) is 0.913. The Hall–Kier alpha value is -2.54. The number of nitrogens with zero attached hydrogens (tertiary/aromatic N) is 3. The highest BCUT2D eigenvalue weighted by Crippen LogP contribution is 2.17. The first-order valence-electron chi connectivity index (χ1n) is 6.79. The van der Waals surface area contributed by atoms with Crippen LogP contribution in [0.4, 0.5) is 5.69 Å². The first-order valence-corrected chi connectivity index (χ1v) is 7.17.